The Labute approximate surface area is 270 Å². The van der Waals surface area contributed by atoms with Crippen LogP contribution in [0.1, 0.15) is 60.0 Å². The minimum Gasteiger partial charge on any atom is -0.481 e. The molecule has 1 heterocycles. The van der Waals surface area contributed by atoms with E-state index >= 15 is 0 Å². The zero-order valence-electron chi connectivity index (χ0n) is 26.3. The maximum Gasteiger partial charge on any atom is 0.303 e. The molecule has 8 nitrogen and oxygen atoms in total. The number of nitrogens with zero attached hydrogens (tertiary/aromatic N) is 1. The van der Waals surface area contributed by atoms with E-state index < -0.39 is 12.3 Å². The van der Waals surface area contributed by atoms with E-state index in [2.05, 4.69) is 48.5 Å². The smallest absolute Gasteiger partial charge is 0.303 e. The van der Waals surface area contributed by atoms with Crippen molar-refractivity contribution in [3.8, 4) is 11.1 Å². The molecule has 4 atom stereocenters. The normalized spacial score (nSPS) is 19.6. The summed E-state index contributed by atoms with van der Waals surface area (Å²) in [5.41, 5.74) is 7.03. The van der Waals surface area contributed by atoms with Crippen molar-refractivity contribution in [2.24, 2.45) is 5.92 Å². The Morgan fingerprint density at radius 2 is 1.48 bits per heavy atom. The van der Waals surface area contributed by atoms with Crippen LogP contribution in [0.15, 0.2) is 103 Å². The molecule has 0 saturated carbocycles. The van der Waals surface area contributed by atoms with Gasteiger partial charge in [0, 0.05) is 37.5 Å². The van der Waals surface area contributed by atoms with Crippen molar-refractivity contribution in [1.82, 2.24) is 10.2 Å². The highest BCUT2D eigenvalue weighted by atomic mass is 16.7. The molecule has 5 rings (SSSR count). The van der Waals surface area contributed by atoms with Gasteiger partial charge in [-0.2, -0.15) is 0 Å². The van der Waals surface area contributed by atoms with E-state index in [0.717, 1.165) is 46.5 Å². The van der Waals surface area contributed by atoms with E-state index in [1.54, 1.807) is 0 Å². The lowest BCUT2D eigenvalue weighted by Crippen LogP contribution is -2.43. The zero-order valence-corrected chi connectivity index (χ0v) is 26.3. The number of carbonyl (C=O) groups is 2. The lowest BCUT2D eigenvalue weighted by atomic mass is 9.90. The summed E-state index contributed by atoms with van der Waals surface area (Å²) in [5, 5.41) is 21.1. The Morgan fingerprint density at radius 3 is 2.17 bits per heavy atom. The van der Waals surface area contributed by atoms with Gasteiger partial charge in [0.1, 0.15) is 0 Å². The Bertz CT molecular complexity index is 1580. The van der Waals surface area contributed by atoms with E-state index in [9.17, 15) is 14.7 Å². The van der Waals surface area contributed by atoms with Gasteiger partial charge in [-0.15, -0.1) is 0 Å². The molecule has 8 heteroatoms. The van der Waals surface area contributed by atoms with Crippen LogP contribution >= 0.6 is 0 Å². The number of carboxylic acids is 1. The van der Waals surface area contributed by atoms with Crippen molar-refractivity contribution in [2.45, 2.75) is 58.0 Å². The Morgan fingerprint density at radius 1 is 0.783 bits per heavy atom. The Hall–Kier alpha value is -4.34. The third kappa shape index (κ3) is 8.89. The van der Waals surface area contributed by atoms with Crippen molar-refractivity contribution >= 4 is 11.9 Å². The number of carbonyl (C=O) groups excluding carboxylic acids is 1. The largest absolute Gasteiger partial charge is 0.481 e. The van der Waals surface area contributed by atoms with Crippen molar-refractivity contribution in [3.05, 3.63) is 131 Å². The molecule has 1 fully saturated rings. The van der Waals surface area contributed by atoms with E-state index in [0.29, 0.717) is 6.54 Å². The van der Waals surface area contributed by atoms with Crippen LogP contribution in [0.25, 0.3) is 11.1 Å². The van der Waals surface area contributed by atoms with Crippen molar-refractivity contribution < 1.29 is 29.3 Å². The van der Waals surface area contributed by atoms with Gasteiger partial charge in [-0.3, -0.25) is 14.5 Å². The number of hydrogen-bond donors (Lipinski definition) is 3. The van der Waals surface area contributed by atoms with Crippen LogP contribution in [0.5, 0.6) is 0 Å². The van der Waals surface area contributed by atoms with Gasteiger partial charge in [0.05, 0.1) is 25.2 Å². The van der Waals surface area contributed by atoms with Gasteiger partial charge in [-0.25, -0.2) is 0 Å². The summed E-state index contributed by atoms with van der Waals surface area (Å²) in [5.74, 6) is -1.19. The highest BCUT2D eigenvalue weighted by Gasteiger charge is 2.38. The summed E-state index contributed by atoms with van der Waals surface area (Å²) in [7, 11) is 2.11. The maximum atomic E-state index is 12.0. The Kier molecular flexibility index (Phi) is 11.3. The molecule has 0 aliphatic carbocycles. The molecule has 1 aliphatic heterocycles. The first-order valence-electron chi connectivity index (χ1n) is 15.7. The van der Waals surface area contributed by atoms with E-state index in [-0.39, 0.29) is 43.5 Å². The minimum atomic E-state index is -0.989. The summed E-state index contributed by atoms with van der Waals surface area (Å²) < 4.78 is 13.3. The second kappa shape index (κ2) is 15.8. The molecular formula is C38H42N2O6. The molecule has 0 spiro atoms. The topological polar surface area (TPSA) is 108 Å². The van der Waals surface area contributed by atoms with Crippen LogP contribution in [0.2, 0.25) is 0 Å². The van der Waals surface area contributed by atoms with Gasteiger partial charge < -0.3 is 25.0 Å². The second-order valence-electron chi connectivity index (χ2n) is 12.0. The Balaban J connectivity index is 1.31. The number of rotatable bonds is 13. The predicted octanol–water partition coefficient (Wildman–Crippen LogP) is 6.25. The van der Waals surface area contributed by atoms with Gasteiger partial charge >= 0.3 is 5.97 Å². The maximum absolute atomic E-state index is 12.0. The standard InChI is InChI=1S/C38H42N2O6/c1-26-34(24-40(2)23-27-7-4-3-5-8-27)45-38(46-37(26)31-13-11-28(25-41)12-14-31)32-17-15-30(16-18-32)33-10-6-9-29(21-33)22-39-35(42)19-20-36(43)44/h3-18,21,26,34,37-38,41H,19-20,22-25H2,1-2H3,(H,39,42)(H,43,44)/t26-,34+,37+,38+/m1/s1. The van der Waals surface area contributed by atoms with E-state index in [4.69, 9.17) is 14.6 Å². The van der Waals surface area contributed by atoms with Gasteiger partial charge in [0.25, 0.3) is 0 Å². The fourth-order valence-electron chi connectivity index (χ4n) is 5.80. The highest BCUT2D eigenvalue weighted by molar-refractivity contribution is 5.80. The number of carboxylic acid groups (broad SMARTS) is 1. The molecule has 240 valence electrons. The summed E-state index contributed by atoms with van der Waals surface area (Å²) in [6.45, 7) is 4.05. The number of aliphatic hydroxyl groups excluding tert-OH is 1. The molecule has 4 aromatic rings. The third-order valence-electron chi connectivity index (χ3n) is 8.41. The van der Waals surface area contributed by atoms with Gasteiger partial charge in [-0.1, -0.05) is 104 Å². The molecule has 0 unspecified atom stereocenters. The molecule has 1 saturated heterocycles. The molecular weight excluding hydrogens is 580 g/mol. The quantitative estimate of drug-likeness (QED) is 0.162. The number of benzene rings is 4. The van der Waals surface area contributed by atoms with Gasteiger partial charge in [-0.05, 0) is 46.5 Å². The number of hydrogen-bond acceptors (Lipinski definition) is 6. The number of nitrogens with one attached hydrogen (secondary N) is 1. The average Bonchev–Trinajstić information content (AvgIpc) is 3.08. The number of amides is 1. The van der Waals surface area contributed by atoms with Crippen LogP contribution in [-0.2, 0) is 38.8 Å². The summed E-state index contributed by atoms with van der Waals surface area (Å²) in [4.78, 5) is 25.0. The van der Waals surface area contributed by atoms with Crippen LogP contribution in [-0.4, -0.2) is 46.7 Å². The third-order valence-corrected chi connectivity index (χ3v) is 8.41. The molecule has 0 aromatic heterocycles. The first-order chi connectivity index (χ1) is 22.3. The highest BCUT2D eigenvalue weighted by Crippen LogP contribution is 2.42. The van der Waals surface area contributed by atoms with Crippen LogP contribution in [0, 0.1) is 5.92 Å². The molecule has 1 amide bonds. The van der Waals surface area contributed by atoms with Crippen molar-refractivity contribution in [2.75, 3.05) is 13.6 Å². The van der Waals surface area contributed by atoms with Crippen molar-refractivity contribution in [3.63, 3.8) is 0 Å². The number of aliphatic carboxylic acids is 1. The fourth-order valence-corrected chi connectivity index (χ4v) is 5.80. The van der Waals surface area contributed by atoms with Crippen LogP contribution in [0.3, 0.4) is 0 Å². The number of likely N-dealkylation sites (N-methyl/N-ethyl adjacent to an activating group) is 1. The van der Waals surface area contributed by atoms with Gasteiger partial charge in [0.2, 0.25) is 5.91 Å². The first kappa shape index (κ1) is 33.0. The molecule has 46 heavy (non-hydrogen) atoms. The van der Waals surface area contributed by atoms with Crippen molar-refractivity contribution in [1.29, 1.82) is 0 Å². The molecule has 0 radical (unpaired) electrons. The predicted molar refractivity (Wildman–Crippen MR) is 176 cm³/mol. The monoisotopic (exact) mass is 622 g/mol. The molecule has 0 bridgehead atoms. The average molecular weight is 623 g/mol. The number of aliphatic hydroxyl groups is 1. The molecule has 1 aliphatic rings. The van der Waals surface area contributed by atoms with Crippen LogP contribution < -0.4 is 5.32 Å². The van der Waals surface area contributed by atoms with Gasteiger partial charge in [0.15, 0.2) is 6.29 Å². The zero-order chi connectivity index (χ0) is 32.5. The minimum absolute atomic E-state index is 0.00329. The summed E-state index contributed by atoms with van der Waals surface area (Å²) >= 11 is 0. The number of ether oxygens (including phenoxy) is 2. The fraction of sp³-hybridized carbons (Fsp3) is 0.316. The van der Waals surface area contributed by atoms with E-state index in [1.165, 1.54) is 5.56 Å². The second-order valence-corrected chi connectivity index (χ2v) is 12.0. The SMILES string of the molecule is C[C@@H]1[C@H](CN(C)Cc2ccccc2)O[C@H](c2ccc(-c3cccc(CNC(=O)CCC(=O)O)c3)cc2)O[C@@H]1c1ccc(CO)cc1. The van der Waals surface area contributed by atoms with Crippen LogP contribution in [0.4, 0.5) is 0 Å². The summed E-state index contributed by atoms with van der Waals surface area (Å²) in [6.07, 6.45) is -1.07. The van der Waals surface area contributed by atoms with E-state index in [1.807, 2.05) is 78.9 Å². The molecule has 3 N–H and O–H groups in total. The lowest BCUT2D eigenvalue weighted by Gasteiger charge is -2.42. The molecule has 4 aromatic carbocycles. The first-order valence-corrected chi connectivity index (χ1v) is 15.7. The lowest BCUT2D eigenvalue weighted by molar-refractivity contribution is -0.276. The summed E-state index contributed by atoms with van der Waals surface area (Å²) in [6, 6.07) is 34.4.